The lowest BCUT2D eigenvalue weighted by Crippen LogP contribution is -2.57. The topological polar surface area (TPSA) is 75.7 Å². The molecular formula is C14H14Cl2N2O4. The number of nitrogens with zero attached hydrogens (tertiary/aromatic N) is 1. The SMILES string of the molecule is COC(=O)CC1C(=O)NCCN1C(=O)c1ccc(Cl)cc1Cl. The summed E-state index contributed by atoms with van der Waals surface area (Å²) < 4.78 is 4.57. The Morgan fingerprint density at radius 2 is 2.14 bits per heavy atom. The molecule has 1 aliphatic heterocycles. The first kappa shape index (κ1) is 16.6. The fraction of sp³-hybridized carbons (Fsp3) is 0.357. The van der Waals surface area contributed by atoms with Gasteiger partial charge < -0.3 is 15.0 Å². The van der Waals surface area contributed by atoms with E-state index in [1.165, 1.54) is 24.1 Å². The second-order valence-corrected chi connectivity index (χ2v) is 5.55. The minimum Gasteiger partial charge on any atom is -0.469 e. The van der Waals surface area contributed by atoms with Gasteiger partial charge in [-0.3, -0.25) is 14.4 Å². The number of esters is 1. The van der Waals surface area contributed by atoms with Gasteiger partial charge in [0.2, 0.25) is 5.91 Å². The molecule has 1 fully saturated rings. The van der Waals surface area contributed by atoms with Crippen LogP contribution in [0.1, 0.15) is 16.8 Å². The van der Waals surface area contributed by atoms with Crippen molar-refractivity contribution in [3.05, 3.63) is 33.8 Å². The van der Waals surface area contributed by atoms with Gasteiger partial charge in [0.1, 0.15) is 6.04 Å². The highest BCUT2D eigenvalue weighted by Crippen LogP contribution is 2.24. The molecule has 0 saturated carbocycles. The second-order valence-electron chi connectivity index (χ2n) is 4.71. The van der Waals surface area contributed by atoms with Gasteiger partial charge in [-0.05, 0) is 18.2 Å². The average Bonchev–Trinajstić information content (AvgIpc) is 2.48. The monoisotopic (exact) mass is 344 g/mol. The molecule has 0 aliphatic carbocycles. The van der Waals surface area contributed by atoms with Gasteiger partial charge in [-0.1, -0.05) is 23.2 Å². The third-order valence-corrected chi connectivity index (χ3v) is 3.89. The number of halogens is 2. The van der Waals surface area contributed by atoms with Crippen LogP contribution in [0.25, 0.3) is 0 Å². The molecule has 0 bridgehead atoms. The zero-order valence-electron chi connectivity index (χ0n) is 11.8. The number of benzene rings is 1. The first-order valence-electron chi connectivity index (χ1n) is 6.54. The van der Waals surface area contributed by atoms with E-state index in [2.05, 4.69) is 10.1 Å². The van der Waals surface area contributed by atoms with Crippen molar-refractivity contribution in [2.24, 2.45) is 0 Å². The molecule has 1 atom stereocenters. The summed E-state index contributed by atoms with van der Waals surface area (Å²) in [7, 11) is 1.23. The number of ether oxygens (including phenoxy) is 1. The lowest BCUT2D eigenvalue weighted by atomic mass is 10.1. The number of hydrogen-bond donors (Lipinski definition) is 1. The molecule has 1 N–H and O–H groups in total. The van der Waals surface area contributed by atoms with Crippen molar-refractivity contribution >= 4 is 41.0 Å². The molecule has 8 heteroatoms. The molecule has 1 saturated heterocycles. The summed E-state index contributed by atoms with van der Waals surface area (Å²) >= 11 is 11.8. The largest absolute Gasteiger partial charge is 0.469 e. The van der Waals surface area contributed by atoms with E-state index in [1.807, 2.05) is 0 Å². The molecule has 2 rings (SSSR count). The molecule has 1 aromatic carbocycles. The summed E-state index contributed by atoms with van der Waals surface area (Å²) in [5.41, 5.74) is 0.232. The van der Waals surface area contributed by atoms with Gasteiger partial charge in [-0.2, -0.15) is 0 Å². The highest BCUT2D eigenvalue weighted by molar-refractivity contribution is 6.36. The molecule has 118 valence electrons. The third-order valence-electron chi connectivity index (χ3n) is 3.34. The van der Waals surface area contributed by atoms with E-state index < -0.39 is 23.8 Å². The molecule has 0 aromatic heterocycles. The number of hydrogen-bond acceptors (Lipinski definition) is 4. The third kappa shape index (κ3) is 3.51. The Hall–Kier alpha value is -1.79. The van der Waals surface area contributed by atoms with Crippen molar-refractivity contribution in [1.82, 2.24) is 10.2 Å². The number of methoxy groups -OCH3 is 1. The minimum atomic E-state index is -0.916. The minimum absolute atomic E-state index is 0.195. The summed E-state index contributed by atoms with van der Waals surface area (Å²) in [6.07, 6.45) is -0.209. The van der Waals surface area contributed by atoms with E-state index in [-0.39, 0.29) is 23.6 Å². The van der Waals surface area contributed by atoms with Crippen LogP contribution in [0.2, 0.25) is 10.0 Å². The Bertz CT molecular complexity index is 621. The van der Waals surface area contributed by atoms with Gasteiger partial charge in [0, 0.05) is 18.1 Å². The number of rotatable bonds is 3. The zero-order valence-corrected chi connectivity index (χ0v) is 13.3. The molecule has 22 heavy (non-hydrogen) atoms. The van der Waals surface area contributed by atoms with Crippen molar-refractivity contribution in [3.8, 4) is 0 Å². The van der Waals surface area contributed by atoms with E-state index in [0.717, 1.165) is 0 Å². The Balaban J connectivity index is 2.28. The summed E-state index contributed by atoms with van der Waals surface area (Å²) in [4.78, 5) is 37.4. The van der Waals surface area contributed by atoms with E-state index in [1.54, 1.807) is 6.07 Å². The van der Waals surface area contributed by atoms with Crippen LogP contribution in [0.3, 0.4) is 0 Å². The number of carbonyl (C=O) groups excluding carboxylic acids is 3. The molecule has 6 nitrogen and oxygen atoms in total. The van der Waals surface area contributed by atoms with Crippen molar-refractivity contribution < 1.29 is 19.1 Å². The molecular weight excluding hydrogens is 331 g/mol. The van der Waals surface area contributed by atoms with Crippen molar-refractivity contribution in [2.45, 2.75) is 12.5 Å². The van der Waals surface area contributed by atoms with Gasteiger partial charge in [0.05, 0.1) is 24.1 Å². The van der Waals surface area contributed by atoms with Crippen molar-refractivity contribution in [3.63, 3.8) is 0 Å². The fourth-order valence-electron chi connectivity index (χ4n) is 2.22. The molecule has 0 spiro atoms. The summed E-state index contributed by atoms with van der Waals surface area (Å²) in [6, 6.07) is 3.57. The Kier molecular flexibility index (Phi) is 5.26. The first-order valence-corrected chi connectivity index (χ1v) is 7.30. The highest BCUT2D eigenvalue weighted by Gasteiger charge is 2.35. The number of piperazine rings is 1. The smallest absolute Gasteiger partial charge is 0.308 e. The van der Waals surface area contributed by atoms with E-state index >= 15 is 0 Å². The normalized spacial score (nSPS) is 17.9. The Labute approximate surface area is 137 Å². The van der Waals surface area contributed by atoms with Crippen LogP contribution >= 0.6 is 23.2 Å². The second kappa shape index (κ2) is 6.98. The first-order chi connectivity index (χ1) is 10.4. The van der Waals surface area contributed by atoms with Crippen LogP contribution in [0.15, 0.2) is 18.2 Å². The van der Waals surface area contributed by atoms with Crippen LogP contribution in [0.5, 0.6) is 0 Å². The molecule has 0 radical (unpaired) electrons. The predicted octanol–water partition coefficient (Wildman–Crippen LogP) is 1.50. The number of nitrogens with one attached hydrogen (secondary N) is 1. The lowest BCUT2D eigenvalue weighted by Gasteiger charge is -2.34. The summed E-state index contributed by atoms with van der Waals surface area (Å²) in [5.74, 6) is -1.39. The standard InChI is InChI=1S/C14H14Cl2N2O4/c1-22-12(19)7-11-13(20)17-4-5-18(11)14(21)9-3-2-8(15)6-10(9)16/h2-3,6,11H,4-5,7H2,1H3,(H,17,20). The maximum atomic E-state index is 12.6. The van der Waals surface area contributed by atoms with E-state index in [0.29, 0.717) is 11.6 Å². The van der Waals surface area contributed by atoms with Crippen LogP contribution in [0, 0.1) is 0 Å². The van der Waals surface area contributed by atoms with Gasteiger partial charge >= 0.3 is 5.97 Å². The van der Waals surface area contributed by atoms with Crippen LogP contribution in [0.4, 0.5) is 0 Å². The average molecular weight is 345 g/mol. The highest BCUT2D eigenvalue weighted by atomic mass is 35.5. The maximum absolute atomic E-state index is 12.6. The lowest BCUT2D eigenvalue weighted by molar-refractivity contribution is -0.145. The number of amides is 2. The van der Waals surface area contributed by atoms with Gasteiger partial charge in [0.15, 0.2) is 0 Å². The summed E-state index contributed by atoms with van der Waals surface area (Å²) in [6.45, 7) is 0.596. The van der Waals surface area contributed by atoms with Gasteiger partial charge in [0.25, 0.3) is 5.91 Å². The molecule has 1 aliphatic rings. The molecule has 2 amide bonds. The maximum Gasteiger partial charge on any atom is 0.308 e. The van der Waals surface area contributed by atoms with Crippen LogP contribution in [-0.2, 0) is 14.3 Å². The predicted molar refractivity (Wildman–Crippen MR) is 80.9 cm³/mol. The van der Waals surface area contributed by atoms with Crippen molar-refractivity contribution in [2.75, 3.05) is 20.2 Å². The van der Waals surface area contributed by atoms with E-state index in [9.17, 15) is 14.4 Å². The molecule has 1 heterocycles. The van der Waals surface area contributed by atoms with Crippen LogP contribution < -0.4 is 5.32 Å². The fourth-order valence-corrected chi connectivity index (χ4v) is 2.71. The molecule has 1 aromatic rings. The van der Waals surface area contributed by atoms with Gasteiger partial charge in [-0.25, -0.2) is 0 Å². The van der Waals surface area contributed by atoms with E-state index in [4.69, 9.17) is 23.2 Å². The Morgan fingerprint density at radius 3 is 2.77 bits per heavy atom. The van der Waals surface area contributed by atoms with Crippen molar-refractivity contribution in [1.29, 1.82) is 0 Å². The van der Waals surface area contributed by atoms with Gasteiger partial charge in [-0.15, -0.1) is 0 Å². The molecule has 1 unspecified atom stereocenters. The zero-order chi connectivity index (χ0) is 16.3. The Morgan fingerprint density at radius 1 is 1.41 bits per heavy atom. The van der Waals surface area contributed by atoms with Crippen LogP contribution in [-0.4, -0.2) is 48.9 Å². The quantitative estimate of drug-likeness (QED) is 0.843. The number of carbonyl (C=O) groups is 3. The summed E-state index contributed by atoms with van der Waals surface area (Å²) in [5, 5.41) is 3.23.